The van der Waals surface area contributed by atoms with E-state index in [4.69, 9.17) is 9.47 Å². The maximum atomic E-state index is 12.1. The largest absolute Gasteiger partial charge is 0.484 e. The molecule has 2 aromatic carbocycles. The predicted octanol–water partition coefficient (Wildman–Crippen LogP) is 2.76. The van der Waals surface area contributed by atoms with Gasteiger partial charge in [0.15, 0.2) is 6.61 Å². The second-order valence-electron chi connectivity index (χ2n) is 6.21. The maximum Gasteiger partial charge on any atom is 0.294 e. The summed E-state index contributed by atoms with van der Waals surface area (Å²) in [6.45, 7) is 4.01. The van der Waals surface area contributed by atoms with Crippen molar-refractivity contribution < 1.29 is 19.2 Å². The molecule has 2 aromatic rings. The lowest BCUT2D eigenvalue weighted by Gasteiger charge is -2.28. The number of carbonyl (C=O) groups is 1. The first kappa shape index (κ1) is 18.7. The van der Waals surface area contributed by atoms with Crippen LogP contribution in [0.3, 0.4) is 0 Å². The first-order valence-corrected chi connectivity index (χ1v) is 8.63. The first-order chi connectivity index (χ1) is 13.0. The zero-order valence-electron chi connectivity index (χ0n) is 15.0. The van der Waals surface area contributed by atoms with Crippen LogP contribution in [0.25, 0.3) is 0 Å². The molecule has 8 nitrogen and oxygen atoms in total. The molecule has 0 aliphatic carbocycles. The Balaban J connectivity index is 1.66. The molecule has 0 saturated carbocycles. The number of benzene rings is 2. The fraction of sp³-hybridized carbons (Fsp3) is 0.316. The van der Waals surface area contributed by atoms with Gasteiger partial charge in [-0.15, -0.1) is 0 Å². The number of anilines is 2. The second kappa shape index (κ2) is 8.50. The number of amides is 1. The van der Waals surface area contributed by atoms with Gasteiger partial charge in [0.2, 0.25) is 0 Å². The van der Waals surface area contributed by atoms with Crippen LogP contribution in [0.15, 0.2) is 42.5 Å². The number of nitro benzene ring substituents is 1. The molecule has 0 aromatic heterocycles. The van der Waals surface area contributed by atoms with Crippen molar-refractivity contribution in [2.45, 2.75) is 6.92 Å². The van der Waals surface area contributed by atoms with Crippen molar-refractivity contribution in [2.24, 2.45) is 0 Å². The van der Waals surface area contributed by atoms with E-state index in [-0.39, 0.29) is 18.2 Å². The number of morpholine rings is 1. The van der Waals surface area contributed by atoms with E-state index in [1.807, 2.05) is 30.0 Å². The summed E-state index contributed by atoms with van der Waals surface area (Å²) in [5, 5.41) is 14.1. The van der Waals surface area contributed by atoms with Gasteiger partial charge in [-0.3, -0.25) is 14.9 Å². The molecule has 3 rings (SSSR count). The van der Waals surface area contributed by atoms with Crippen molar-refractivity contribution in [3.63, 3.8) is 0 Å². The molecule has 0 spiro atoms. The lowest BCUT2D eigenvalue weighted by Crippen LogP contribution is -2.36. The van der Waals surface area contributed by atoms with Crippen LogP contribution < -0.4 is 15.0 Å². The van der Waals surface area contributed by atoms with Crippen molar-refractivity contribution in [2.75, 3.05) is 43.1 Å². The molecule has 27 heavy (non-hydrogen) atoms. The van der Waals surface area contributed by atoms with Crippen LogP contribution in [0, 0.1) is 17.0 Å². The Kier molecular flexibility index (Phi) is 5.87. The second-order valence-corrected chi connectivity index (χ2v) is 6.21. The van der Waals surface area contributed by atoms with Crippen LogP contribution >= 0.6 is 0 Å². The molecular weight excluding hydrogens is 350 g/mol. The molecule has 1 N–H and O–H groups in total. The monoisotopic (exact) mass is 371 g/mol. The standard InChI is InChI=1S/C19H21N3O5/c1-14-3-2-4-16(11-14)27-13-19(23)20-15-5-6-17(18(12-15)22(24)25)21-7-9-26-10-8-21/h2-6,11-12H,7-10,13H2,1H3,(H,20,23). The number of hydrogen-bond acceptors (Lipinski definition) is 6. The molecule has 0 atom stereocenters. The molecule has 0 radical (unpaired) electrons. The van der Waals surface area contributed by atoms with Gasteiger partial charge in [-0.2, -0.15) is 0 Å². The number of hydrogen-bond donors (Lipinski definition) is 1. The minimum absolute atomic E-state index is 0.0469. The van der Waals surface area contributed by atoms with E-state index in [0.29, 0.717) is 43.4 Å². The molecule has 1 saturated heterocycles. The van der Waals surface area contributed by atoms with Gasteiger partial charge >= 0.3 is 0 Å². The molecule has 1 aliphatic rings. The zero-order valence-corrected chi connectivity index (χ0v) is 15.0. The van der Waals surface area contributed by atoms with Crippen LogP contribution in [0.5, 0.6) is 5.75 Å². The lowest BCUT2D eigenvalue weighted by molar-refractivity contribution is -0.384. The summed E-state index contributed by atoms with van der Waals surface area (Å²) >= 11 is 0. The van der Waals surface area contributed by atoms with Crippen LogP contribution in [0.4, 0.5) is 17.1 Å². The number of ether oxygens (including phenoxy) is 2. The van der Waals surface area contributed by atoms with Gasteiger partial charge in [0.05, 0.1) is 18.1 Å². The van der Waals surface area contributed by atoms with Crippen LogP contribution in [0.1, 0.15) is 5.56 Å². The minimum atomic E-state index is -0.441. The van der Waals surface area contributed by atoms with Gasteiger partial charge in [0.1, 0.15) is 11.4 Å². The van der Waals surface area contributed by atoms with E-state index in [0.717, 1.165) is 5.56 Å². The van der Waals surface area contributed by atoms with Gasteiger partial charge < -0.3 is 19.7 Å². The maximum absolute atomic E-state index is 12.1. The quantitative estimate of drug-likeness (QED) is 0.620. The van der Waals surface area contributed by atoms with E-state index in [1.165, 1.54) is 6.07 Å². The smallest absolute Gasteiger partial charge is 0.294 e. The summed E-state index contributed by atoms with van der Waals surface area (Å²) in [5.74, 6) is 0.212. The van der Waals surface area contributed by atoms with Gasteiger partial charge in [-0.25, -0.2) is 0 Å². The van der Waals surface area contributed by atoms with E-state index in [1.54, 1.807) is 18.2 Å². The summed E-state index contributed by atoms with van der Waals surface area (Å²) < 4.78 is 10.7. The molecule has 8 heteroatoms. The number of nitrogens with one attached hydrogen (secondary N) is 1. The summed E-state index contributed by atoms with van der Waals surface area (Å²) in [6.07, 6.45) is 0. The molecule has 1 aliphatic heterocycles. The summed E-state index contributed by atoms with van der Waals surface area (Å²) in [7, 11) is 0. The molecule has 1 heterocycles. The third-order valence-electron chi connectivity index (χ3n) is 4.17. The van der Waals surface area contributed by atoms with E-state index >= 15 is 0 Å². The number of aryl methyl sites for hydroxylation is 1. The molecular formula is C19H21N3O5. The van der Waals surface area contributed by atoms with Crippen molar-refractivity contribution in [3.05, 3.63) is 58.1 Å². The normalized spacial score (nSPS) is 13.9. The molecule has 0 unspecified atom stereocenters. The highest BCUT2D eigenvalue weighted by atomic mass is 16.6. The van der Waals surface area contributed by atoms with Gasteiger partial charge in [-0.1, -0.05) is 12.1 Å². The molecule has 1 fully saturated rings. The summed E-state index contributed by atoms with van der Waals surface area (Å²) in [5.41, 5.74) is 1.87. The fourth-order valence-corrected chi connectivity index (χ4v) is 2.87. The minimum Gasteiger partial charge on any atom is -0.484 e. The Morgan fingerprint density at radius 1 is 1.26 bits per heavy atom. The average molecular weight is 371 g/mol. The molecule has 142 valence electrons. The Morgan fingerprint density at radius 2 is 2.04 bits per heavy atom. The number of rotatable bonds is 6. The van der Waals surface area contributed by atoms with Crippen molar-refractivity contribution in [1.82, 2.24) is 0 Å². The first-order valence-electron chi connectivity index (χ1n) is 8.63. The van der Waals surface area contributed by atoms with Crippen molar-refractivity contribution in [1.29, 1.82) is 0 Å². The van der Waals surface area contributed by atoms with Crippen LogP contribution in [-0.4, -0.2) is 43.7 Å². The Labute approximate surface area is 156 Å². The number of nitro groups is 1. The Morgan fingerprint density at radius 3 is 2.74 bits per heavy atom. The number of nitrogens with zero attached hydrogens (tertiary/aromatic N) is 2. The highest BCUT2D eigenvalue weighted by Gasteiger charge is 2.22. The predicted molar refractivity (Wildman–Crippen MR) is 101 cm³/mol. The van der Waals surface area contributed by atoms with Gasteiger partial charge in [0, 0.05) is 24.8 Å². The molecule has 0 bridgehead atoms. The Bertz CT molecular complexity index is 834. The summed E-state index contributed by atoms with van der Waals surface area (Å²) in [4.78, 5) is 25.0. The Hall–Kier alpha value is -3.13. The van der Waals surface area contributed by atoms with Gasteiger partial charge in [-0.05, 0) is 36.8 Å². The van der Waals surface area contributed by atoms with Crippen molar-refractivity contribution >= 4 is 23.0 Å². The van der Waals surface area contributed by atoms with Crippen molar-refractivity contribution in [3.8, 4) is 5.75 Å². The lowest BCUT2D eigenvalue weighted by atomic mass is 10.2. The van der Waals surface area contributed by atoms with E-state index < -0.39 is 4.92 Å². The topological polar surface area (TPSA) is 93.9 Å². The third kappa shape index (κ3) is 4.95. The van der Waals surface area contributed by atoms with Crippen LogP contribution in [0.2, 0.25) is 0 Å². The van der Waals surface area contributed by atoms with Crippen LogP contribution in [-0.2, 0) is 9.53 Å². The fourth-order valence-electron chi connectivity index (χ4n) is 2.87. The van der Waals surface area contributed by atoms with E-state index in [9.17, 15) is 14.9 Å². The highest BCUT2D eigenvalue weighted by molar-refractivity contribution is 5.92. The molecule has 1 amide bonds. The highest BCUT2D eigenvalue weighted by Crippen LogP contribution is 2.31. The third-order valence-corrected chi connectivity index (χ3v) is 4.17. The van der Waals surface area contributed by atoms with E-state index in [2.05, 4.69) is 5.32 Å². The van der Waals surface area contributed by atoms with Gasteiger partial charge in [0.25, 0.3) is 11.6 Å². The average Bonchev–Trinajstić information content (AvgIpc) is 2.67. The summed E-state index contributed by atoms with van der Waals surface area (Å²) in [6, 6.07) is 12.0. The number of carbonyl (C=O) groups excluding carboxylic acids is 1. The zero-order chi connectivity index (χ0) is 19.2. The SMILES string of the molecule is Cc1cccc(OCC(=O)Nc2ccc(N3CCOCC3)c([N+](=O)[O-])c2)c1.